The van der Waals surface area contributed by atoms with E-state index >= 15 is 0 Å². The van der Waals surface area contributed by atoms with Gasteiger partial charge >= 0.3 is 6.09 Å². The van der Waals surface area contributed by atoms with E-state index in [1.54, 1.807) is 0 Å². The van der Waals surface area contributed by atoms with E-state index in [-0.39, 0.29) is 24.0 Å². The molecule has 2 amide bonds. The fourth-order valence-electron chi connectivity index (χ4n) is 3.44. The minimum atomic E-state index is -0.500. The number of carbonyl (C=O) groups excluding carboxylic acids is 2. The molecule has 5 nitrogen and oxygen atoms in total. The quantitative estimate of drug-likeness (QED) is 0.748. The van der Waals surface area contributed by atoms with Crippen LogP contribution < -0.4 is 5.32 Å². The molecule has 1 aliphatic heterocycles. The second-order valence-electron chi connectivity index (χ2n) is 7.48. The molecule has 0 spiro atoms. The number of carbonyl (C=O) groups is 2. The van der Waals surface area contributed by atoms with Crippen LogP contribution in [0, 0.1) is 5.92 Å². The number of hydrogen-bond donors (Lipinski definition) is 1. The molecule has 2 atom stereocenters. The van der Waals surface area contributed by atoms with E-state index in [1.807, 2.05) is 25.7 Å². The zero-order valence-corrected chi connectivity index (χ0v) is 14.2. The highest BCUT2D eigenvalue weighted by Crippen LogP contribution is 2.32. The van der Waals surface area contributed by atoms with E-state index < -0.39 is 5.60 Å². The van der Waals surface area contributed by atoms with Crippen molar-refractivity contribution in [2.24, 2.45) is 5.92 Å². The van der Waals surface area contributed by atoms with Gasteiger partial charge in [-0.1, -0.05) is 19.3 Å². The van der Waals surface area contributed by atoms with Crippen LogP contribution >= 0.6 is 0 Å². The highest BCUT2D eigenvalue weighted by Gasteiger charge is 2.40. The summed E-state index contributed by atoms with van der Waals surface area (Å²) in [5.41, 5.74) is -0.500. The Hall–Kier alpha value is -1.26. The molecule has 0 aromatic rings. The van der Waals surface area contributed by atoms with Crippen LogP contribution in [0.2, 0.25) is 0 Å². The average Bonchev–Trinajstić information content (AvgIpc) is 2.87. The molecule has 1 N–H and O–H groups in total. The SMILES string of the molecule is CC(C)(C)OC(=O)N1CCCCCCNC(=O)[C@@H]2CCC[C@@H]21. The largest absolute Gasteiger partial charge is 0.444 e. The van der Waals surface area contributed by atoms with Gasteiger partial charge in [0.15, 0.2) is 0 Å². The Bertz CT molecular complexity index is 403. The van der Waals surface area contributed by atoms with Crippen LogP contribution in [-0.2, 0) is 9.53 Å². The van der Waals surface area contributed by atoms with E-state index in [9.17, 15) is 9.59 Å². The van der Waals surface area contributed by atoms with Gasteiger partial charge in [0.25, 0.3) is 0 Å². The zero-order valence-electron chi connectivity index (χ0n) is 14.2. The minimum Gasteiger partial charge on any atom is -0.444 e. The molecule has 0 aromatic carbocycles. The summed E-state index contributed by atoms with van der Waals surface area (Å²) in [5.74, 6) is 0.0311. The molecule has 2 fully saturated rings. The molecule has 0 unspecified atom stereocenters. The van der Waals surface area contributed by atoms with Gasteiger partial charge in [-0.05, 0) is 46.5 Å². The Morgan fingerprint density at radius 1 is 1.14 bits per heavy atom. The number of fused-ring (bicyclic) bond motifs is 1. The molecule has 1 aliphatic carbocycles. The monoisotopic (exact) mass is 310 g/mol. The Kier molecular flexibility index (Phi) is 5.70. The Morgan fingerprint density at radius 2 is 1.86 bits per heavy atom. The lowest BCUT2D eigenvalue weighted by molar-refractivity contribution is -0.126. The normalized spacial score (nSPS) is 27.6. The van der Waals surface area contributed by atoms with Gasteiger partial charge < -0.3 is 15.0 Å². The van der Waals surface area contributed by atoms with Crippen LogP contribution in [0.15, 0.2) is 0 Å². The molecule has 1 saturated carbocycles. The van der Waals surface area contributed by atoms with Crippen molar-refractivity contribution in [1.82, 2.24) is 10.2 Å². The third kappa shape index (κ3) is 4.62. The van der Waals surface area contributed by atoms with Gasteiger partial charge in [0.2, 0.25) is 5.91 Å². The first-order valence-electron chi connectivity index (χ1n) is 8.66. The smallest absolute Gasteiger partial charge is 0.410 e. The lowest BCUT2D eigenvalue weighted by Gasteiger charge is -2.34. The summed E-state index contributed by atoms with van der Waals surface area (Å²) in [6, 6.07) is -0.00653. The van der Waals surface area contributed by atoms with E-state index in [4.69, 9.17) is 4.74 Å². The lowest BCUT2D eigenvalue weighted by Crippen LogP contribution is -2.48. The van der Waals surface area contributed by atoms with Gasteiger partial charge in [-0.25, -0.2) is 4.79 Å². The summed E-state index contributed by atoms with van der Waals surface area (Å²) in [7, 11) is 0. The van der Waals surface area contributed by atoms with Crippen LogP contribution in [-0.4, -0.2) is 41.6 Å². The summed E-state index contributed by atoms with van der Waals surface area (Å²) < 4.78 is 5.58. The first kappa shape index (κ1) is 17.1. The first-order chi connectivity index (χ1) is 10.4. The molecule has 0 radical (unpaired) electrons. The third-order valence-electron chi connectivity index (χ3n) is 4.47. The molecular formula is C17H30N2O3. The first-order valence-corrected chi connectivity index (χ1v) is 8.66. The summed E-state index contributed by atoms with van der Waals surface area (Å²) in [6.07, 6.45) is 6.70. The lowest BCUT2D eigenvalue weighted by atomic mass is 10.0. The maximum atomic E-state index is 12.6. The number of nitrogens with zero attached hydrogens (tertiary/aromatic N) is 1. The van der Waals surface area contributed by atoms with Crippen LogP contribution in [0.3, 0.4) is 0 Å². The molecule has 0 aromatic heterocycles. The molecular weight excluding hydrogens is 280 g/mol. The van der Waals surface area contributed by atoms with E-state index in [0.29, 0.717) is 6.54 Å². The molecule has 2 aliphatic rings. The van der Waals surface area contributed by atoms with Crippen molar-refractivity contribution in [1.29, 1.82) is 0 Å². The number of ether oxygens (including phenoxy) is 1. The molecule has 2 rings (SSSR count). The van der Waals surface area contributed by atoms with E-state index in [2.05, 4.69) is 5.32 Å². The number of rotatable bonds is 0. The molecule has 22 heavy (non-hydrogen) atoms. The van der Waals surface area contributed by atoms with Crippen LogP contribution in [0.5, 0.6) is 0 Å². The maximum absolute atomic E-state index is 12.6. The summed E-state index contributed by atoms with van der Waals surface area (Å²) >= 11 is 0. The third-order valence-corrected chi connectivity index (χ3v) is 4.47. The summed E-state index contributed by atoms with van der Waals surface area (Å²) in [5, 5.41) is 3.04. The Balaban J connectivity index is 2.14. The highest BCUT2D eigenvalue weighted by atomic mass is 16.6. The maximum Gasteiger partial charge on any atom is 0.410 e. The number of amides is 2. The van der Waals surface area contributed by atoms with Crippen molar-refractivity contribution in [3.05, 3.63) is 0 Å². The fourth-order valence-corrected chi connectivity index (χ4v) is 3.44. The van der Waals surface area contributed by atoms with Crippen LogP contribution in [0.25, 0.3) is 0 Å². The Labute approximate surface area is 133 Å². The fraction of sp³-hybridized carbons (Fsp3) is 0.882. The van der Waals surface area contributed by atoms with E-state index in [1.165, 1.54) is 0 Å². The van der Waals surface area contributed by atoms with Gasteiger partial charge in [0.1, 0.15) is 5.60 Å². The van der Waals surface area contributed by atoms with Gasteiger partial charge in [0, 0.05) is 19.1 Å². The average molecular weight is 310 g/mol. The van der Waals surface area contributed by atoms with Crippen molar-refractivity contribution in [3.8, 4) is 0 Å². The second-order valence-corrected chi connectivity index (χ2v) is 7.48. The van der Waals surface area contributed by atoms with E-state index in [0.717, 1.165) is 51.5 Å². The predicted octanol–water partition coefficient (Wildman–Crippen LogP) is 3.08. The van der Waals surface area contributed by atoms with Gasteiger partial charge in [-0.3, -0.25) is 4.79 Å². The van der Waals surface area contributed by atoms with Crippen molar-refractivity contribution < 1.29 is 14.3 Å². The molecule has 0 bridgehead atoms. The molecule has 1 saturated heterocycles. The minimum absolute atomic E-state index is 0.00653. The topological polar surface area (TPSA) is 58.6 Å². The van der Waals surface area contributed by atoms with Crippen LogP contribution in [0.1, 0.15) is 65.7 Å². The van der Waals surface area contributed by atoms with Crippen molar-refractivity contribution >= 4 is 12.0 Å². The zero-order chi connectivity index (χ0) is 16.2. The molecule has 5 heteroatoms. The predicted molar refractivity (Wildman–Crippen MR) is 85.5 cm³/mol. The second kappa shape index (κ2) is 7.34. The van der Waals surface area contributed by atoms with Crippen LogP contribution in [0.4, 0.5) is 4.79 Å². The van der Waals surface area contributed by atoms with Gasteiger partial charge in [0.05, 0.1) is 5.92 Å². The van der Waals surface area contributed by atoms with Crippen molar-refractivity contribution in [3.63, 3.8) is 0 Å². The standard InChI is InChI=1S/C17H30N2O3/c1-17(2,3)22-16(21)19-12-7-5-4-6-11-18-15(20)13-9-8-10-14(13)19/h13-14H,4-12H2,1-3H3,(H,18,20)/t13-,14+/m1/s1. The number of hydrogen-bond acceptors (Lipinski definition) is 3. The van der Waals surface area contributed by atoms with Crippen molar-refractivity contribution in [2.75, 3.05) is 13.1 Å². The molecule has 1 heterocycles. The van der Waals surface area contributed by atoms with Crippen molar-refractivity contribution in [2.45, 2.75) is 77.4 Å². The number of nitrogens with one attached hydrogen (secondary N) is 1. The van der Waals surface area contributed by atoms with Gasteiger partial charge in [-0.2, -0.15) is 0 Å². The molecule has 126 valence electrons. The summed E-state index contributed by atoms with van der Waals surface area (Å²) in [4.78, 5) is 26.8. The highest BCUT2D eigenvalue weighted by molar-refractivity contribution is 5.80. The summed E-state index contributed by atoms with van der Waals surface area (Å²) in [6.45, 7) is 7.11. The Morgan fingerprint density at radius 3 is 2.59 bits per heavy atom. The van der Waals surface area contributed by atoms with Gasteiger partial charge in [-0.15, -0.1) is 0 Å².